The van der Waals surface area contributed by atoms with Crippen LogP contribution in [0.4, 0.5) is 0 Å². The number of ether oxygens (including phenoxy) is 1. The van der Waals surface area contributed by atoms with E-state index < -0.39 is 9.53 Å². The highest BCUT2D eigenvalue weighted by molar-refractivity contribution is 6.36. The molecule has 5 nitrogen and oxygen atoms in total. The zero-order chi connectivity index (χ0) is 12.1. The molecule has 0 aromatic carbocycles. The van der Waals surface area contributed by atoms with Gasteiger partial charge in [-0.1, -0.05) is 0 Å². The van der Waals surface area contributed by atoms with Gasteiger partial charge in [0.15, 0.2) is 0 Å². The Hall–Kier alpha value is 0.0169. The van der Waals surface area contributed by atoms with Crippen LogP contribution in [0.5, 0.6) is 0 Å². The average molecular weight is 251 g/mol. The van der Waals surface area contributed by atoms with Crippen molar-refractivity contribution in [1.82, 2.24) is 5.32 Å². The molecule has 1 rings (SSSR count). The summed E-state index contributed by atoms with van der Waals surface area (Å²) in [5, 5.41) is 3.16. The molecule has 1 N–H and O–H groups in total. The van der Waals surface area contributed by atoms with E-state index in [9.17, 15) is 0 Å². The lowest BCUT2D eigenvalue weighted by molar-refractivity contribution is 0.107. The topological polar surface area (TPSA) is 49.0 Å². The number of rotatable bonds is 6. The van der Waals surface area contributed by atoms with Crippen molar-refractivity contribution >= 4 is 9.53 Å². The summed E-state index contributed by atoms with van der Waals surface area (Å²) in [5.74, 6) is 0. The second kappa shape index (κ2) is 13.1. The molecule has 0 aromatic heterocycles. The summed E-state index contributed by atoms with van der Waals surface area (Å²) in [6.07, 6.45) is 0. The molecule has 98 valence electrons. The summed E-state index contributed by atoms with van der Waals surface area (Å²) in [6.45, 7) is 11.7. The largest absolute Gasteiger partial charge is 0.484 e. The summed E-state index contributed by atoms with van der Waals surface area (Å²) in [7, 11) is -1.73. The van der Waals surface area contributed by atoms with E-state index in [0.717, 1.165) is 26.3 Å². The molecule has 16 heavy (non-hydrogen) atoms. The Morgan fingerprint density at radius 1 is 0.938 bits per heavy atom. The third-order valence-corrected chi connectivity index (χ3v) is 3.57. The van der Waals surface area contributed by atoms with Gasteiger partial charge in [-0.2, -0.15) is 0 Å². The minimum absolute atomic E-state index is 0.677. The first-order chi connectivity index (χ1) is 7.85. The first-order valence-electron chi connectivity index (χ1n) is 5.98. The molecular formula is C10H25NO4Si. The lowest BCUT2D eigenvalue weighted by Gasteiger charge is -2.12. The van der Waals surface area contributed by atoms with Crippen LogP contribution in [0.1, 0.15) is 20.8 Å². The molecule has 0 unspecified atom stereocenters. The fourth-order valence-corrected chi connectivity index (χ4v) is 2.17. The van der Waals surface area contributed by atoms with Crippen LogP contribution in [0.15, 0.2) is 0 Å². The molecule has 6 heteroatoms. The van der Waals surface area contributed by atoms with Crippen molar-refractivity contribution < 1.29 is 18.0 Å². The van der Waals surface area contributed by atoms with Crippen molar-refractivity contribution in [2.24, 2.45) is 0 Å². The Morgan fingerprint density at radius 3 is 1.56 bits per heavy atom. The smallest absolute Gasteiger partial charge is 0.379 e. The van der Waals surface area contributed by atoms with Gasteiger partial charge in [-0.25, -0.2) is 0 Å². The van der Waals surface area contributed by atoms with Gasteiger partial charge in [-0.05, 0) is 20.8 Å². The first-order valence-corrected chi connectivity index (χ1v) is 7.39. The van der Waals surface area contributed by atoms with Crippen molar-refractivity contribution in [3.05, 3.63) is 0 Å². The number of nitrogens with one attached hydrogen (secondary N) is 1. The van der Waals surface area contributed by atoms with Crippen LogP contribution in [0.25, 0.3) is 0 Å². The van der Waals surface area contributed by atoms with E-state index in [4.69, 9.17) is 18.0 Å². The fourth-order valence-electron chi connectivity index (χ4n) is 1.07. The van der Waals surface area contributed by atoms with Crippen molar-refractivity contribution in [1.29, 1.82) is 0 Å². The van der Waals surface area contributed by atoms with Crippen LogP contribution >= 0.6 is 0 Å². The Morgan fingerprint density at radius 2 is 1.38 bits per heavy atom. The van der Waals surface area contributed by atoms with Gasteiger partial charge in [-0.3, -0.25) is 0 Å². The van der Waals surface area contributed by atoms with Crippen molar-refractivity contribution in [3.63, 3.8) is 0 Å². The fraction of sp³-hybridized carbons (Fsp3) is 1.00. The average Bonchev–Trinajstić information content (AvgIpc) is 2.33. The molecule has 1 heterocycles. The van der Waals surface area contributed by atoms with Crippen LogP contribution < -0.4 is 5.32 Å². The molecule has 0 aliphatic carbocycles. The van der Waals surface area contributed by atoms with E-state index in [1.165, 1.54) is 0 Å². The van der Waals surface area contributed by atoms with Crippen LogP contribution in [-0.2, 0) is 18.0 Å². The molecule has 1 fully saturated rings. The summed E-state index contributed by atoms with van der Waals surface area (Å²) >= 11 is 0. The van der Waals surface area contributed by atoms with Crippen LogP contribution in [0.2, 0.25) is 0 Å². The van der Waals surface area contributed by atoms with Gasteiger partial charge < -0.3 is 23.3 Å². The predicted molar refractivity (Wildman–Crippen MR) is 65.7 cm³/mol. The highest BCUT2D eigenvalue weighted by Crippen LogP contribution is 1.91. The Balaban J connectivity index is 0.000000315. The van der Waals surface area contributed by atoms with Gasteiger partial charge in [-0.15, -0.1) is 0 Å². The number of morpholine rings is 1. The predicted octanol–water partition coefficient (Wildman–Crippen LogP) is 0.419. The molecule has 1 aliphatic heterocycles. The molecule has 0 spiro atoms. The molecule has 1 saturated heterocycles. The van der Waals surface area contributed by atoms with E-state index in [2.05, 4.69) is 5.32 Å². The molecule has 0 aromatic rings. The van der Waals surface area contributed by atoms with Crippen LogP contribution in [0.3, 0.4) is 0 Å². The standard InChI is InChI=1S/C6H16O3Si.C4H9NO/c1-4-7-10(8-5-2)9-6-3;1-3-6-4-2-5-1/h10H,4-6H2,1-3H3;5H,1-4H2. The van der Waals surface area contributed by atoms with Gasteiger partial charge in [0.25, 0.3) is 0 Å². The van der Waals surface area contributed by atoms with Crippen molar-refractivity contribution in [2.75, 3.05) is 46.1 Å². The van der Waals surface area contributed by atoms with Crippen LogP contribution in [0, 0.1) is 0 Å². The minimum atomic E-state index is -1.73. The summed E-state index contributed by atoms with van der Waals surface area (Å²) < 4.78 is 20.7. The molecule has 0 amide bonds. The molecule has 0 bridgehead atoms. The van der Waals surface area contributed by atoms with Gasteiger partial charge in [0.05, 0.1) is 13.2 Å². The van der Waals surface area contributed by atoms with E-state index in [-0.39, 0.29) is 0 Å². The molecular weight excluding hydrogens is 226 g/mol. The van der Waals surface area contributed by atoms with Crippen molar-refractivity contribution in [2.45, 2.75) is 20.8 Å². The zero-order valence-corrected chi connectivity index (χ0v) is 11.8. The van der Waals surface area contributed by atoms with Gasteiger partial charge in [0, 0.05) is 32.9 Å². The molecule has 0 saturated carbocycles. The minimum Gasteiger partial charge on any atom is -0.379 e. The van der Waals surface area contributed by atoms with Gasteiger partial charge in [0.1, 0.15) is 0 Å². The maximum absolute atomic E-state index is 5.22. The highest BCUT2D eigenvalue weighted by Gasteiger charge is 2.11. The second-order valence-corrected chi connectivity index (χ2v) is 4.59. The first kappa shape index (κ1) is 16.0. The Kier molecular flexibility index (Phi) is 13.1. The van der Waals surface area contributed by atoms with Gasteiger partial charge >= 0.3 is 9.53 Å². The van der Waals surface area contributed by atoms with E-state index in [1.54, 1.807) is 0 Å². The molecule has 0 radical (unpaired) electrons. The third kappa shape index (κ3) is 10.5. The Labute approximate surface area is 100 Å². The molecule has 1 aliphatic rings. The van der Waals surface area contributed by atoms with Crippen molar-refractivity contribution in [3.8, 4) is 0 Å². The molecule has 0 atom stereocenters. The third-order valence-electron chi connectivity index (χ3n) is 1.75. The lowest BCUT2D eigenvalue weighted by Crippen LogP contribution is -2.30. The lowest BCUT2D eigenvalue weighted by atomic mass is 10.5. The monoisotopic (exact) mass is 251 g/mol. The maximum Gasteiger partial charge on any atom is 0.484 e. The van der Waals surface area contributed by atoms with E-state index in [0.29, 0.717) is 19.8 Å². The van der Waals surface area contributed by atoms with E-state index >= 15 is 0 Å². The summed E-state index contributed by atoms with van der Waals surface area (Å²) in [6, 6.07) is 0. The SMILES string of the molecule is C1COCCN1.CCO[SiH](OCC)OCC. The normalized spacial score (nSPS) is 15.8. The van der Waals surface area contributed by atoms with Crippen LogP contribution in [-0.4, -0.2) is 55.7 Å². The maximum atomic E-state index is 5.22. The summed E-state index contributed by atoms with van der Waals surface area (Å²) in [5.41, 5.74) is 0. The quantitative estimate of drug-likeness (QED) is 0.693. The second-order valence-electron chi connectivity index (χ2n) is 3.02. The Bertz CT molecular complexity index is 110. The zero-order valence-electron chi connectivity index (χ0n) is 10.7. The van der Waals surface area contributed by atoms with E-state index in [1.807, 2.05) is 20.8 Å². The van der Waals surface area contributed by atoms with Gasteiger partial charge in [0.2, 0.25) is 0 Å². The highest BCUT2D eigenvalue weighted by atomic mass is 28.3. The number of hydrogen-bond donors (Lipinski definition) is 1. The summed E-state index contributed by atoms with van der Waals surface area (Å²) in [4.78, 5) is 0. The number of hydrogen-bond acceptors (Lipinski definition) is 5.